The van der Waals surface area contributed by atoms with Gasteiger partial charge in [0.05, 0.1) is 6.26 Å². The molecule has 6 nitrogen and oxygen atoms in total. The molecule has 0 atom stereocenters. The molecule has 2 rings (SSSR count). The van der Waals surface area contributed by atoms with Crippen LogP contribution in [0, 0.1) is 0 Å². The van der Waals surface area contributed by atoms with E-state index in [-0.39, 0.29) is 17.6 Å². The largest absolute Gasteiger partial charge is 0.459 e. The highest BCUT2D eigenvalue weighted by Gasteiger charge is 2.09. The zero-order valence-electron chi connectivity index (χ0n) is 12.3. The van der Waals surface area contributed by atoms with E-state index in [1.807, 2.05) is 0 Å². The van der Waals surface area contributed by atoms with Gasteiger partial charge in [0, 0.05) is 31.5 Å². The number of ether oxygens (including phenoxy) is 1. The van der Waals surface area contributed by atoms with Crippen molar-refractivity contribution in [2.75, 3.05) is 25.6 Å². The molecule has 1 aromatic carbocycles. The maximum atomic E-state index is 11.9. The predicted molar refractivity (Wildman–Crippen MR) is 81.9 cm³/mol. The molecular formula is C16H18N2O4. The predicted octanol–water partition coefficient (Wildman–Crippen LogP) is 2.30. The van der Waals surface area contributed by atoms with E-state index in [4.69, 9.17) is 9.15 Å². The van der Waals surface area contributed by atoms with Crippen molar-refractivity contribution in [3.63, 3.8) is 0 Å². The van der Waals surface area contributed by atoms with Gasteiger partial charge in [0.25, 0.3) is 11.8 Å². The van der Waals surface area contributed by atoms with Gasteiger partial charge in [0.15, 0.2) is 5.76 Å². The van der Waals surface area contributed by atoms with Crippen LogP contribution in [0.2, 0.25) is 0 Å². The summed E-state index contributed by atoms with van der Waals surface area (Å²) in [6.07, 6.45) is 2.20. The average molecular weight is 302 g/mol. The van der Waals surface area contributed by atoms with Gasteiger partial charge >= 0.3 is 0 Å². The summed E-state index contributed by atoms with van der Waals surface area (Å²) in [5, 5.41) is 5.48. The quantitative estimate of drug-likeness (QED) is 0.769. The van der Waals surface area contributed by atoms with Crippen LogP contribution in [0.1, 0.15) is 27.3 Å². The average Bonchev–Trinajstić information content (AvgIpc) is 3.06. The smallest absolute Gasteiger partial charge is 0.291 e. The third kappa shape index (κ3) is 4.46. The monoisotopic (exact) mass is 302 g/mol. The van der Waals surface area contributed by atoms with Gasteiger partial charge in [-0.2, -0.15) is 0 Å². The molecule has 116 valence electrons. The van der Waals surface area contributed by atoms with Crippen molar-refractivity contribution in [2.45, 2.75) is 6.42 Å². The molecule has 1 aromatic heterocycles. The second kappa shape index (κ2) is 7.99. The molecule has 0 aliphatic rings. The van der Waals surface area contributed by atoms with Gasteiger partial charge in [0.2, 0.25) is 0 Å². The summed E-state index contributed by atoms with van der Waals surface area (Å²) in [4.78, 5) is 23.7. The lowest BCUT2D eigenvalue weighted by Crippen LogP contribution is -2.25. The number of hydrogen-bond donors (Lipinski definition) is 2. The number of nitrogens with one attached hydrogen (secondary N) is 2. The van der Waals surface area contributed by atoms with E-state index in [2.05, 4.69) is 10.6 Å². The van der Waals surface area contributed by atoms with Crippen LogP contribution in [-0.2, 0) is 4.74 Å². The van der Waals surface area contributed by atoms with Crippen LogP contribution >= 0.6 is 0 Å². The second-order valence-corrected chi connectivity index (χ2v) is 4.61. The van der Waals surface area contributed by atoms with Crippen molar-refractivity contribution in [3.05, 3.63) is 54.0 Å². The Balaban J connectivity index is 1.87. The van der Waals surface area contributed by atoms with Crippen LogP contribution in [0.3, 0.4) is 0 Å². The Bertz CT molecular complexity index is 606. The maximum absolute atomic E-state index is 11.9. The van der Waals surface area contributed by atoms with E-state index < -0.39 is 0 Å². The molecule has 2 N–H and O–H groups in total. The van der Waals surface area contributed by atoms with E-state index >= 15 is 0 Å². The summed E-state index contributed by atoms with van der Waals surface area (Å²) < 4.78 is 9.92. The standard InChI is InChI=1S/C16H18N2O4/c1-21-10-3-9-17-15(19)12-5-7-13(8-6-12)18-16(20)14-4-2-11-22-14/h2,4-8,11H,3,9-10H2,1H3,(H,17,19)(H,18,20). The lowest BCUT2D eigenvalue weighted by molar-refractivity contribution is 0.0947. The first kappa shape index (κ1) is 15.8. The molecule has 2 aromatic rings. The van der Waals surface area contributed by atoms with E-state index in [1.54, 1.807) is 43.5 Å². The number of carbonyl (C=O) groups excluding carboxylic acids is 2. The number of rotatable bonds is 7. The topological polar surface area (TPSA) is 80.6 Å². The first-order valence-corrected chi connectivity index (χ1v) is 6.93. The Hall–Kier alpha value is -2.60. The minimum atomic E-state index is -0.332. The zero-order chi connectivity index (χ0) is 15.8. The summed E-state index contributed by atoms with van der Waals surface area (Å²) >= 11 is 0. The van der Waals surface area contributed by atoms with Crippen LogP contribution in [-0.4, -0.2) is 32.1 Å². The van der Waals surface area contributed by atoms with Gasteiger partial charge in [-0.15, -0.1) is 0 Å². The molecular weight excluding hydrogens is 284 g/mol. The van der Waals surface area contributed by atoms with Gasteiger partial charge in [-0.1, -0.05) is 0 Å². The molecule has 0 aliphatic carbocycles. The number of amides is 2. The molecule has 0 spiro atoms. The van der Waals surface area contributed by atoms with E-state index in [1.165, 1.54) is 6.26 Å². The Kier molecular flexibility index (Phi) is 5.73. The van der Waals surface area contributed by atoms with Crippen molar-refractivity contribution in [2.24, 2.45) is 0 Å². The minimum absolute atomic E-state index is 0.153. The molecule has 0 radical (unpaired) electrons. The van der Waals surface area contributed by atoms with Crippen molar-refractivity contribution in [1.82, 2.24) is 5.32 Å². The SMILES string of the molecule is COCCCNC(=O)c1ccc(NC(=O)c2ccco2)cc1. The number of anilines is 1. The lowest BCUT2D eigenvalue weighted by Gasteiger charge is -2.06. The normalized spacial score (nSPS) is 10.2. The van der Waals surface area contributed by atoms with Crippen LogP contribution in [0.25, 0.3) is 0 Å². The van der Waals surface area contributed by atoms with Crippen LogP contribution in [0.4, 0.5) is 5.69 Å². The summed E-state index contributed by atoms with van der Waals surface area (Å²) in [6.45, 7) is 1.17. The first-order valence-electron chi connectivity index (χ1n) is 6.93. The highest BCUT2D eigenvalue weighted by Crippen LogP contribution is 2.11. The Morgan fingerprint density at radius 3 is 2.55 bits per heavy atom. The lowest BCUT2D eigenvalue weighted by atomic mass is 10.2. The number of hydrogen-bond acceptors (Lipinski definition) is 4. The van der Waals surface area contributed by atoms with Gasteiger partial charge in [-0.25, -0.2) is 0 Å². The molecule has 1 heterocycles. The van der Waals surface area contributed by atoms with Crippen LogP contribution < -0.4 is 10.6 Å². The van der Waals surface area contributed by atoms with E-state index in [0.29, 0.717) is 24.4 Å². The summed E-state index contributed by atoms with van der Waals surface area (Å²) in [7, 11) is 1.62. The first-order chi connectivity index (χ1) is 10.7. The molecule has 0 aliphatic heterocycles. The molecule has 6 heteroatoms. The molecule has 2 amide bonds. The van der Waals surface area contributed by atoms with Crippen molar-refractivity contribution in [1.29, 1.82) is 0 Å². The Labute approximate surface area is 128 Å². The number of carbonyl (C=O) groups is 2. The maximum Gasteiger partial charge on any atom is 0.291 e. The fourth-order valence-corrected chi connectivity index (χ4v) is 1.83. The summed E-state index contributed by atoms with van der Waals surface area (Å²) in [5.41, 5.74) is 1.13. The van der Waals surface area contributed by atoms with Gasteiger partial charge in [0.1, 0.15) is 0 Å². The molecule has 0 fully saturated rings. The highest BCUT2D eigenvalue weighted by atomic mass is 16.5. The van der Waals surface area contributed by atoms with Crippen molar-refractivity contribution < 1.29 is 18.7 Å². The molecule has 0 bridgehead atoms. The van der Waals surface area contributed by atoms with Crippen molar-refractivity contribution >= 4 is 17.5 Å². The van der Waals surface area contributed by atoms with E-state index in [0.717, 1.165) is 6.42 Å². The third-order valence-corrected chi connectivity index (χ3v) is 2.96. The van der Waals surface area contributed by atoms with Gasteiger partial charge < -0.3 is 19.8 Å². The van der Waals surface area contributed by atoms with Crippen LogP contribution in [0.5, 0.6) is 0 Å². The minimum Gasteiger partial charge on any atom is -0.459 e. The third-order valence-electron chi connectivity index (χ3n) is 2.96. The number of benzene rings is 1. The fourth-order valence-electron chi connectivity index (χ4n) is 1.83. The molecule has 0 saturated carbocycles. The summed E-state index contributed by atoms with van der Waals surface area (Å²) in [6, 6.07) is 9.88. The highest BCUT2D eigenvalue weighted by molar-refractivity contribution is 6.02. The Morgan fingerprint density at radius 1 is 1.14 bits per heavy atom. The van der Waals surface area contributed by atoms with Crippen LogP contribution in [0.15, 0.2) is 47.1 Å². The number of methoxy groups -OCH3 is 1. The fraction of sp³-hybridized carbons (Fsp3) is 0.250. The Morgan fingerprint density at radius 2 is 1.91 bits per heavy atom. The van der Waals surface area contributed by atoms with Gasteiger partial charge in [-0.3, -0.25) is 9.59 Å². The zero-order valence-corrected chi connectivity index (χ0v) is 12.3. The molecule has 0 saturated heterocycles. The molecule has 0 unspecified atom stereocenters. The van der Waals surface area contributed by atoms with E-state index in [9.17, 15) is 9.59 Å². The number of furan rings is 1. The summed E-state index contributed by atoms with van der Waals surface area (Å²) in [5.74, 6) is -0.248. The van der Waals surface area contributed by atoms with Gasteiger partial charge in [-0.05, 0) is 42.8 Å². The second-order valence-electron chi connectivity index (χ2n) is 4.61. The molecule has 22 heavy (non-hydrogen) atoms. The van der Waals surface area contributed by atoms with Crippen molar-refractivity contribution in [3.8, 4) is 0 Å².